The zero-order chi connectivity index (χ0) is 33.9. The third-order valence-corrected chi connectivity index (χ3v) is 7.02. The van der Waals surface area contributed by atoms with E-state index in [1.807, 2.05) is 0 Å². The lowest BCUT2D eigenvalue weighted by molar-refractivity contribution is -0.286. The van der Waals surface area contributed by atoms with Gasteiger partial charge in [0.1, 0.15) is 11.6 Å². The Balaban J connectivity index is 1.65. The molecule has 1 saturated carbocycles. The Morgan fingerprint density at radius 2 is 1.97 bits per heavy atom. The second-order valence-corrected chi connectivity index (χ2v) is 9.77. The third-order valence-electron chi connectivity index (χ3n) is 7.02. The summed E-state index contributed by atoms with van der Waals surface area (Å²) in [6, 6.07) is 1.64. The van der Waals surface area contributed by atoms with Gasteiger partial charge in [-0.1, -0.05) is 26.8 Å². The summed E-state index contributed by atoms with van der Waals surface area (Å²) in [5.41, 5.74) is -3.97. The number of alkyl halides is 2. The summed E-state index contributed by atoms with van der Waals surface area (Å²) in [6.45, 7) is -0.821. The summed E-state index contributed by atoms with van der Waals surface area (Å²) in [6.07, 6.45) is -9.48. The standard InChI is InChI=1S/C28H30F3NO5/c1-4-26(2,3)24-10-17-9-16(20(29)13-21(17)32(24)14-19(34)15-33)11-25(35)27(7-8-27)18-5-6-22-23(12-18)37-28(30,31)36-22/h5-6,9-10,12-13,19,33-34H,4,7-8,11,14-15H2,1-3H3/t19-/m0/s1/i4D2,9D,10D,13D,15D2,19D. The normalized spacial score (nSPS) is 23.0. The first-order chi connectivity index (χ1) is 20.4. The van der Waals surface area contributed by atoms with E-state index >= 15 is 4.39 Å². The van der Waals surface area contributed by atoms with E-state index in [9.17, 15) is 23.8 Å². The Kier molecular flexibility index (Phi) is 4.14. The number of hydrogen-bond donors (Lipinski definition) is 2. The first-order valence-corrected chi connectivity index (χ1v) is 11.6. The van der Waals surface area contributed by atoms with Gasteiger partial charge in [0.15, 0.2) is 11.5 Å². The van der Waals surface area contributed by atoms with Gasteiger partial charge in [-0.05, 0) is 60.6 Å². The van der Waals surface area contributed by atoms with Crippen molar-refractivity contribution in [1.29, 1.82) is 0 Å². The summed E-state index contributed by atoms with van der Waals surface area (Å²) in [5.74, 6) is -2.45. The number of carbonyl (C=O) groups excluding carboxylic acids is 1. The number of halogens is 3. The molecule has 0 radical (unpaired) electrons. The summed E-state index contributed by atoms with van der Waals surface area (Å²) >= 11 is 0. The van der Waals surface area contributed by atoms with Crippen LogP contribution in [0.3, 0.4) is 0 Å². The summed E-state index contributed by atoms with van der Waals surface area (Å²) in [4.78, 5) is 13.7. The van der Waals surface area contributed by atoms with Crippen LogP contribution in [0.4, 0.5) is 13.2 Å². The number of carbonyl (C=O) groups is 1. The van der Waals surface area contributed by atoms with Gasteiger partial charge >= 0.3 is 6.29 Å². The fourth-order valence-electron chi connectivity index (χ4n) is 4.60. The van der Waals surface area contributed by atoms with E-state index in [1.54, 1.807) is 0 Å². The number of aliphatic hydroxyl groups is 2. The maximum atomic E-state index is 16.0. The van der Waals surface area contributed by atoms with Crippen LogP contribution in [-0.2, 0) is 28.6 Å². The van der Waals surface area contributed by atoms with Crippen molar-refractivity contribution in [1.82, 2.24) is 4.57 Å². The summed E-state index contributed by atoms with van der Waals surface area (Å²) in [5, 5.41) is 19.9. The molecule has 5 rings (SSSR count). The molecule has 2 aliphatic rings. The minimum atomic E-state index is -3.88. The maximum absolute atomic E-state index is 16.0. The van der Waals surface area contributed by atoms with E-state index in [1.165, 1.54) is 39.0 Å². The van der Waals surface area contributed by atoms with Gasteiger partial charge in [0.05, 0.1) is 38.3 Å². The van der Waals surface area contributed by atoms with Crippen molar-refractivity contribution in [2.45, 2.75) is 76.2 Å². The van der Waals surface area contributed by atoms with Crippen molar-refractivity contribution >= 4 is 16.7 Å². The van der Waals surface area contributed by atoms with Gasteiger partial charge in [-0.25, -0.2) is 4.39 Å². The largest absolute Gasteiger partial charge is 0.586 e. The molecule has 3 aromatic rings. The second-order valence-electron chi connectivity index (χ2n) is 9.77. The van der Waals surface area contributed by atoms with Crippen LogP contribution in [0, 0.1) is 5.82 Å². The molecule has 2 N–H and O–H groups in total. The SMILES string of the molecule is [2H]c1c(CC(=O)C2(c3ccc4c(c3)OC(F)(F)O4)CC2)c(F)c([2H])c2c1c([2H])c(C(C)(C)C([2H])([2H])C)n2C[C@]([2H])(O)C([2H])([2H])O. The van der Waals surface area contributed by atoms with Gasteiger partial charge in [0, 0.05) is 25.7 Å². The first kappa shape index (κ1) is 17.5. The predicted molar refractivity (Wildman–Crippen MR) is 131 cm³/mol. The second kappa shape index (κ2) is 8.77. The highest BCUT2D eigenvalue weighted by atomic mass is 19.3. The molecule has 1 aliphatic carbocycles. The maximum Gasteiger partial charge on any atom is 0.586 e. The lowest BCUT2D eigenvalue weighted by Gasteiger charge is -2.26. The lowest BCUT2D eigenvalue weighted by atomic mass is 9.86. The van der Waals surface area contributed by atoms with Gasteiger partial charge in [-0.15, -0.1) is 8.78 Å². The molecule has 1 aliphatic heterocycles. The molecule has 2 aromatic carbocycles. The zero-order valence-electron chi connectivity index (χ0n) is 28.3. The first-order valence-electron chi connectivity index (χ1n) is 15.6. The molecule has 198 valence electrons. The average Bonchev–Trinajstić information content (AvgIpc) is 3.56. The number of ketones is 1. The Morgan fingerprint density at radius 3 is 2.62 bits per heavy atom. The number of Topliss-reactive ketones (excluding diaryl/α,β-unsaturated/α-hetero) is 1. The van der Waals surface area contributed by atoms with Crippen molar-refractivity contribution < 1.29 is 48.6 Å². The Bertz CT molecular complexity index is 1740. The van der Waals surface area contributed by atoms with Crippen molar-refractivity contribution in [3.05, 3.63) is 59.0 Å². The van der Waals surface area contributed by atoms with Gasteiger partial charge in [0.25, 0.3) is 0 Å². The molecule has 0 saturated heterocycles. The van der Waals surface area contributed by atoms with Crippen LogP contribution in [0.1, 0.15) is 67.8 Å². The predicted octanol–water partition coefficient (Wildman–Crippen LogP) is 4.99. The molecule has 1 aromatic heterocycles. The molecule has 0 bridgehead atoms. The molecule has 9 heteroatoms. The average molecular weight is 526 g/mol. The van der Waals surface area contributed by atoms with Crippen LogP contribution in [0.2, 0.25) is 0 Å². The minimum Gasteiger partial charge on any atom is -0.395 e. The number of benzene rings is 2. The Hall–Kier alpha value is -3.04. The van der Waals surface area contributed by atoms with E-state index in [0.717, 1.165) is 4.57 Å². The van der Waals surface area contributed by atoms with E-state index in [2.05, 4.69) is 9.47 Å². The number of rotatable bonds is 9. The Morgan fingerprint density at radius 1 is 1.27 bits per heavy atom. The van der Waals surface area contributed by atoms with E-state index in [0.29, 0.717) is 5.56 Å². The van der Waals surface area contributed by atoms with Gasteiger partial charge in [0.2, 0.25) is 0 Å². The fourth-order valence-corrected chi connectivity index (χ4v) is 4.60. The highest BCUT2D eigenvalue weighted by Crippen LogP contribution is 2.52. The summed E-state index contributed by atoms with van der Waals surface area (Å²) in [7, 11) is 0. The highest BCUT2D eigenvalue weighted by molar-refractivity contribution is 5.95. The molecular weight excluding hydrogens is 487 g/mol. The zero-order valence-corrected chi connectivity index (χ0v) is 20.3. The molecule has 0 spiro atoms. The molecular formula is C28H30F3NO5. The fraction of sp³-hybridized carbons (Fsp3) is 0.464. The van der Waals surface area contributed by atoms with Crippen molar-refractivity contribution in [2.75, 3.05) is 6.56 Å². The highest BCUT2D eigenvalue weighted by Gasteiger charge is 2.52. The van der Waals surface area contributed by atoms with Crippen LogP contribution in [0.25, 0.3) is 10.9 Å². The molecule has 0 amide bonds. The van der Waals surface area contributed by atoms with Crippen molar-refractivity contribution in [3.63, 3.8) is 0 Å². The van der Waals surface area contributed by atoms with Crippen LogP contribution in [-0.4, -0.2) is 39.5 Å². The number of nitrogens with zero attached hydrogens (tertiary/aromatic N) is 1. The van der Waals surface area contributed by atoms with Gasteiger partial charge < -0.3 is 24.3 Å². The van der Waals surface area contributed by atoms with E-state index in [4.69, 9.17) is 11.0 Å². The summed E-state index contributed by atoms with van der Waals surface area (Å²) < 4.78 is 119. The quantitative estimate of drug-likeness (QED) is 0.412. The number of hydrogen-bond acceptors (Lipinski definition) is 5. The minimum absolute atomic E-state index is 0.229. The Labute approximate surface area is 223 Å². The van der Waals surface area contributed by atoms with Crippen LogP contribution < -0.4 is 9.47 Å². The van der Waals surface area contributed by atoms with E-state index < -0.39 is 95.3 Å². The molecule has 37 heavy (non-hydrogen) atoms. The smallest absolute Gasteiger partial charge is 0.395 e. The lowest BCUT2D eigenvalue weighted by Crippen LogP contribution is -2.26. The van der Waals surface area contributed by atoms with Gasteiger partial charge in [-0.3, -0.25) is 4.79 Å². The monoisotopic (exact) mass is 525 g/mol. The van der Waals surface area contributed by atoms with E-state index in [-0.39, 0.29) is 30.0 Å². The molecule has 6 nitrogen and oxygen atoms in total. The van der Waals surface area contributed by atoms with Crippen LogP contribution in [0.5, 0.6) is 11.5 Å². The van der Waals surface area contributed by atoms with Crippen LogP contribution in [0.15, 0.2) is 36.3 Å². The molecule has 1 atom stereocenters. The molecule has 1 fully saturated rings. The molecule has 0 unspecified atom stereocenters. The number of fused-ring (bicyclic) bond motifs is 2. The van der Waals surface area contributed by atoms with Gasteiger partial charge in [-0.2, -0.15) is 0 Å². The van der Waals surface area contributed by atoms with Crippen molar-refractivity contribution in [3.8, 4) is 11.5 Å². The van der Waals surface area contributed by atoms with Crippen LogP contribution >= 0.6 is 0 Å². The number of ether oxygens (including phenoxy) is 2. The molecule has 2 heterocycles. The number of aromatic nitrogens is 1. The van der Waals surface area contributed by atoms with Crippen molar-refractivity contribution in [2.24, 2.45) is 0 Å². The third kappa shape index (κ3) is 4.48. The topological polar surface area (TPSA) is 80.9 Å².